The molecule has 33 heavy (non-hydrogen) atoms. The molecule has 2 aliphatic rings. The van der Waals surface area contributed by atoms with Gasteiger partial charge in [-0.05, 0) is 56.1 Å². The van der Waals surface area contributed by atoms with Crippen LogP contribution < -0.4 is 5.32 Å². The van der Waals surface area contributed by atoms with Crippen molar-refractivity contribution in [2.75, 3.05) is 32.7 Å². The molecular formula is C26H32ClN5O. The van der Waals surface area contributed by atoms with E-state index in [1.54, 1.807) is 0 Å². The number of rotatable bonds is 5. The van der Waals surface area contributed by atoms with E-state index >= 15 is 0 Å². The fourth-order valence-corrected chi connectivity index (χ4v) is 5.31. The molecule has 2 saturated heterocycles. The van der Waals surface area contributed by atoms with Crippen LogP contribution in [0.5, 0.6) is 0 Å². The van der Waals surface area contributed by atoms with E-state index in [0.29, 0.717) is 11.9 Å². The van der Waals surface area contributed by atoms with Crippen molar-refractivity contribution >= 4 is 28.5 Å². The highest BCUT2D eigenvalue weighted by atomic mass is 35.5. The number of hydrogen-bond donors (Lipinski definition) is 1. The van der Waals surface area contributed by atoms with Crippen LogP contribution in [0, 0.1) is 5.92 Å². The third-order valence-corrected chi connectivity index (χ3v) is 7.14. The van der Waals surface area contributed by atoms with Gasteiger partial charge in [-0.15, -0.1) is 0 Å². The maximum absolute atomic E-state index is 13.2. The van der Waals surface area contributed by atoms with Crippen molar-refractivity contribution in [3.63, 3.8) is 0 Å². The molecule has 0 radical (unpaired) electrons. The standard InChI is InChI=1S/C26H32ClN5O/c1-19-15-31(14-12-28-19)26(33)21-5-4-13-30(17-21)18-25-29-23-6-2-3-7-24(23)32(25)16-20-8-10-22(27)11-9-20/h2-3,6-11,19,21,28H,4-5,12-18H2,1H3/t19-,21+/m0/s1. The van der Waals surface area contributed by atoms with E-state index in [0.717, 1.165) is 80.5 Å². The molecule has 1 N–H and O–H groups in total. The fraction of sp³-hybridized carbons (Fsp3) is 0.462. The molecule has 0 bridgehead atoms. The number of fused-ring (bicyclic) bond motifs is 1. The third-order valence-electron chi connectivity index (χ3n) is 6.89. The van der Waals surface area contributed by atoms with E-state index in [-0.39, 0.29) is 5.92 Å². The van der Waals surface area contributed by atoms with Gasteiger partial charge in [-0.25, -0.2) is 4.98 Å². The second-order valence-electron chi connectivity index (χ2n) is 9.44. The van der Waals surface area contributed by atoms with Crippen LogP contribution in [0.1, 0.15) is 31.2 Å². The number of piperazine rings is 1. The Kier molecular flexibility index (Phi) is 6.67. The van der Waals surface area contributed by atoms with Gasteiger partial charge in [0.15, 0.2) is 0 Å². The second kappa shape index (κ2) is 9.84. The number of amides is 1. The zero-order chi connectivity index (χ0) is 22.8. The molecule has 1 aromatic heterocycles. The lowest BCUT2D eigenvalue weighted by Gasteiger charge is -2.38. The molecule has 2 aliphatic heterocycles. The second-order valence-corrected chi connectivity index (χ2v) is 9.88. The van der Waals surface area contributed by atoms with Crippen molar-refractivity contribution in [2.45, 2.75) is 38.9 Å². The quantitative estimate of drug-likeness (QED) is 0.623. The van der Waals surface area contributed by atoms with Crippen molar-refractivity contribution in [2.24, 2.45) is 5.92 Å². The Morgan fingerprint density at radius 2 is 1.91 bits per heavy atom. The number of piperidine rings is 1. The highest BCUT2D eigenvalue weighted by Crippen LogP contribution is 2.24. The van der Waals surface area contributed by atoms with Crippen LogP contribution >= 0.6 is 11.6 Å². The average Bonchev–Trinajstić information content (AvgIpc) is 3.17. The summed E-state index contributed by atoms with van der Waals surface area (Å²) in [6.07, 6.45) is 2.03. The molecule has 7 heteroatoms. The van der Waals surface area contributed by atoms with E-state index < -0.39 is 0 Å². The Hall–Kier alpha value is -2.41. The number of nitrogens with one attached hydrogen (secondary N) is 1. The van der Waals surface area contributed by atoms with E-state index in [1.807, 2.05) is 18.2 Å². The molecular weight excluding hydrogens is 434 g/mol. The third kappa shape index (κ3) is 5.08. The molecule has 0 spiro atoms. The van der Waals surface area contributed by atoms with Crippen molar-refractivity contribution in [1.82, 2.24) is 24.7 Å². The summed E-state index contributed by atoms with van der Waals surface area (Å²) in [5.41, 5.74) is 3.35. The topological polar surface area (TPSA) is 53.4 Å². The van der Waals surface area contributed by atoms with Gasteiger partial charge in [0.2, 0.25) is 5.91 Å². The Labute approximate surface area is 200 Å². The van der Waals surface area contributed by atoms with E-state index in [4.69, 9.17) is 16.6 Å². The van der Waals surface area contributed by atoms with Crippen LogP contribution in [0.2, 0.25) is 5.02 Å². The molecule has 0 unspecified atom stereocenters. The molecule has 174 valence electrons. The summed E-state index contributed by atoms with van der Waals surface area (Å²) in [6, 6.07) is 16.7. The molecule has 0 saturated carbocycles. The van der Waals surface area contributed by atoms with Gasteiger partial charge in [-0.2, -0.15) is 0 Å². The first kappa shape index (κ1) is 22.4. The Bertz CT molecular complexity index is 1110. The molecule has 2 atom stereocenters. The van der Waals surface area contributed by atoms with Gasteiger partial charge in [0.05, 0.1) is 23.5 Å². The summed E-state index contributed by atoms with van der Waals surface area (Å²) in [4.78, 5) is 22.7. The van der Waals surface area contributed by atoms with Crippen molar-refractivity contribution < 1.29 is 4.79 Å². The smallest absolute Gasteiger partial charge is 0.227 e. The van der Waals surface area contributed by atoms with E-state index in [9.17, 15) is 4.79 Å². The largest absolute Gasteiger partial charge is 0.340 e. The minimum atomic E-state index is 0.0816. The van der Waals surface area contributed by atoms with Crippen LogP contribution in [0.4, 0.5) is 0 Å². The highest BCUT2D eigenvalue weighted by molar-refractivity contribution is 6.30. The fourth-order valence-electron chi connectivity index (χ4n) is 5.19. The zero-order valence-electron chi connectivity index (χ0n) is 19.2. The minimum Gasteiger partial charge on any atom is -0.340 e. The van der Waals surface area contributed by atoms with Crippen molar-refractivity contribution in [3.8, 4) is 0 Å². The first-order valence-corrected chi connectivity index (χ1v) is 12.4. The summed E-state index contributed by atoms with van der Waals surface area (Å²) in [6.45, 7) is 7.98. The molecule has 1 amide bonds. The van der Waals surface area contributed by atoms with Crippen LogP contribution in [-0.4, -0.2) is 64.0 Å². The van der Waals surface area contributed by atoms with Crippen LogP contribution in [0.25, 0.3) is 11.0 Å². The highest BCUT2D eigenvalue weighted by Gasteiger charge is 2.31. The van der Waals surface area contributed by atoms with Crippen LogP contribution in [0.3, 0.4) is 0 Å². The van der Waals surface area contributed by atoms with Crippen molar-refractivity contribution in [1.29, 1.82) is 0 Å². The molecule has 2 aromatic carbocycles. The molecule has 5 rings (SSSR count). The number of aromatic nitrogens is 2. The summed E-state index contributed by atoms with van der Waals surface area (Å²) in [5, 5.41) is 4.18. The summed E-state index contributed by atoms with van der Waals surface area (Å²) in [5.74, 6) is 1.45. The van der Waals surface area contributed by atoms with Gasteiger partial charge >= 0.3 is 0 Å². The average molecular weight is 466 g/mol. The van der Waals surface area contributed by atoms with Gasteiger partial charge in [0.1, 0.15) is 5.82 Å². The number of nitrogens with zero attached hydrogens (tertiary/aromatic N) is 4. The minimum absolute atomic E-state index is 0.0816. The number of halogens is 1. The summed E-state index contributed by atoms with van der Waals surface area (Å²) < 4.78 is 2.31. The lowest BCUT2D eigenvalue weighted by molar-refractivity contribution is -0.138. The number of hydrogen-bond acceptors (Lipinski definition) is 4. The van der Waals surface area contributed by atoms with Gasteiger partial charge < -0.3 is 14.8 Å². The number of carbonyl (C=O) groups is 1. The maximum atomic E-state index is 13.2. The van der Waals surface area contributed by atoms with Gasteiger partial charge in [0.25, 0.3) is 0 Å². The summed E-state index contributed by atoms with van der Waals surface area (Å²) in [7, 11) is 0. The van der Waals surface area contributed by atoms with Crippen molar-refractivity contribution in [3.05, 3.63) is 64.9 Å². The number of likely N-dealkylation sites (tertiary alicyclic amines) is 1. The molecule has 6 nitrogen and oxygen atoms in total. The lowest BCUT2D eigenvalue weighted by atomic mass is 9.96. The SMILES string of the molecule is C[C@H]1CN(C(=O)[C@@H]2CCCN(Cc3nc4ccccc4n3Cc3ccc(Cl)cc3)C2)CCN1. The Balaban J connectivity index is 1.34. The van der Waals surface area contributed by atoms with Gasteiger partial charge in [0, 0.05) is 43.8 Å². The molecule has 3 aromatic rings. The normalized spacial score (nSPS) is 22.1. The Morgan fingerprint density at radius 1 is 1.09 bits per heavy atom. The summed E-state index contributed by atoms with van der Waals surface area (Å²) >= 11 is 6.09. The number of imidazole rings is 1. The predicted octanol–water partition coefficient (Wildman–Crippen LogP) is 3.77. The Morgan fingerprint density at radius 3 is 2.73 bits per heavy atom. The number of carbonyl (C=O) groups excluding carboxylic acids is 1. The molecule has 0 aliphatic carbocycles. The predicted molar refractivity (Wildman–Crippen MR) is 132 cm³/mol. The number of benzene rings is 2. The monoisotopic (exact) mass is 465 g/mol. The first-order valence-electron chi connectivity index (χ1n) is 12.0. The first-order chi connectivity index (χ1) is 16.1. The number of para-hydroxylation sites is 2. The van der Waals surface area contributed by atoms with Crippen LogP contribution in [-0.2, 0) is 17.9 Å². The van der Waals surface area contributed by atoms with Gasteiger partial charge in [-0.3, -0.25) is 9.69 Å². The zero-order valence-corrected chi connectivity index (χ0v) is 20.0. The molecule has 2 fully saturated rings. The van der Waals surface area contributed by atoms with E-state index in [1.165, 1.54) is 5.56 Å². The van der Waals surface area contributed by atoms with Gasteiger partial charge in [-0.1, -0.05) is 35.9 Å². The molecule has 3 heterocycles. The maximum Gasteiger partial charge on any atom is 0.227 e. The lowest BCUT2D eigenvalue weighted by Crippen LogP contribution is -2.54. The van der Waals surface area contributed by atoms with E-state index in [2.05, 4.69) is 56.9 Å². The van der Waals surface area contributed by atoms with Crippen LogP contribution in [0.15, 0.2) is 48.5 Å².